The molecule has 6 heteroatoms. The monoisotopic (exact) mass is 365 g/mol. The van der Waals surface area contributed by atoms with E-state index in [9.17, 15) is 4.79 Å². The zero-order valence-corrected chi connectivity index (χ0v) is 15.8. The molecule has 0 fully saturated rings. The maximum atomic E-state index is 12.4. The lowest BCUT2D eigenvalue weighted by Gasteiger charge is -2.14. The summed E-state index contributed by atoms with van der Waals surface area (Å²) in [6, 6.07) is 15.5. The quantitative estimate of drug-likeness (QED) is 0.641. The summed E-state index contributed by atoms with van der Waals surface area (Å²) in [5.41, 5.74) is 3.08. The molecule has 0 atom stereocenters. The largest absolute Gasteiger partial charge is 0.497 e. The van der Waals surface area contributed by atoms with Crippen LogP contribution in [0.1, 0.15) is 23.9 Å². The number of carbonyl (C=O) groups is 1. The van der Waals surface area contributed by atoms with E-state index in [4.69, 9.17) is 9.26 Å². The summed E-state index contributed by atoms with van der Waals surface area (Å²) in [5, 5.41) is 3.99. The summed E-state index contributed by atoms with van der Waals surface area (Å²) in [7, 11) is 3.35. The lowest BCUT2D eigenvalue weighted by Crippen LogP contribution is -2.27. The van der Waals surface area contributed by atoms with Crippen molar-refractivity contribution in [3.8, 4) is 17.1 Å². The van der Waals surface area contributed by atoms with E-state index in [0.29, 0.717) is 18.1 Å². The van der Waals surface area contributed by atoms with Gasteiger partial charge in [-0.15, -0.1) is 0 Å². The Hall–Kier alpha value is -3.15. The van der Waals surface area contributed by atoms with Crippen molar-refractivity contribution in [2.45, 2.75) is 26.3 Å². The molecule has 27 heavy (non-hydrogen) atoms. The normalized spacial score (nSPS) is 10.6. The standard InChI is InChI=1S/C21H23N3O3/c1-4-15-5-7-16(8-6-15)13-20(25)24(2)14-19-22-21(23-27-19)17-9-11-18(26-3)12-10-17/h5-12H,4,13-14H2,1-3H3. The van der Waals surface area contributed by atoms with Crippen LogP contribution in [0.5, 0.6) is 5.75 Å². The minimum Gasteiger partial charge on any atom is -0.497 e. The molecular weight excluding hydrogens is 342 g/mol. The predicted octanol–water partition coefficient (Wildman–Crippen LogP) is 3.51. The fraction of sp³-hybridized carbons (Fsp3) is 0.286. The summed E-state index contributed by atoms with van der Waals surface area (Å²) in [4.78, 5) is 18.4. The van der Waals surface area contributed by atoms with Gasteiger partial charge in [-0.05, 0) is 41.8 Å². The maximum absolute atomic E-state index is 12.4. The number of likely N-dealkylation sites (N-methyl/N-ethyl adjacent to an activating group) is 1. The summed E-state index contributed by atoms with van der Waals surface area (Å²) < 4.78 is 10.4. The zero-order chi connectivity index (χ0) is 19.2. The average molecular weight is 365 g/mol. The number of hydrogen-bond acceptors (Lipinski definition) is 5. The molecule has 140 valence electrons. The summed E-state index contributed by atoms with van der Waals surface area (Å²) in [6.45, 7) is 2.38. The van der Waals surface area contributed by atoms with Crippen molar-refractivity contribution in [3.05, 3.63) is 65.5 Å². The van der Waals surface area contributed by atoms with Gasteiger partial charge in [-0.2, -0.15) is 4.98 Å². The Morgan fingerprint density at radius 1 is 1.07 bits per heavy atom. The highest BCUT2D eigenvalue weighted by Gasteiger charge is 2.15. The van der Waals surface area contributed by atoms with Crippen molar-refractivity contribution in [2.75, 3.05) is 14.2 Å². The average Bonchev–Trinajstić information content (AvgIpc) is 3.17. The van der Waals surface area contributed by atoms with Gasteiger partial charge in [0.05, 0.1) is 20.1 Å². The van der Waals surface area contributed by atoms with E-state index in [0.717, 1.165) is 23.3 Å². The lowest BCUT2D eigenvalue weighted by atomic mass is 10.1. The van der Waals surface area contributed by atoms with Crippen LogP contribution < -0.4 is 4.74 Å². The van der Waals surface area contributed by atoms with Crippen molar-refractivity contribution < 1.29 is 14.1 Å². The van der Waals surface area contributed by atoms with E-state index in [1.165, 1.54) is 5.56 Å². The molecule has 0 saturated heterocycles. The van der Waals surface area contributed by atoms with Crippen molar-refractivity contribution in [2.24, 2.45) is 0 Å². The van der Waals surface area contributed by atoms with E-state index in [1.54, 1.807) is 19.1 Å². The van der Waals surface area contributed by atoms with Gasteiger partial charge in [0.2, 0.25) is 17.6 Å². The molecular formula is C21H23N3O3. The fourth-order valence-corrected chi connectivity index (χ4v) is 2.67. The molecule has 1 heterocycles. The van der Waals surface area contributed by atoms with E-state index < -0.39 is 0 Å². The first-order chi connectivity index (χ1) is 13.1. The minimum absolute atomic E-state index is 0.00319. The van der Waals surface area contributed by atoms with Gasteiger partial charge in [-0.1, -0.05) is 36.3 Å². The highest BCUT2D eigenvalue weighted by molar-refractivity contribution is 5.78. The molecule has 2 aromatic carbocycles. The van der Waals surface area contributed by atoms with Gasteiger partial charge in [0.1, 0.15) is 5.75 Å². The number of rotatable bonds is 7. The third-order valence-electron chi connectivity index (χ3n) is 4.40. The Labute approximate surface area is 158 Å². The van der Waals surface area contributed by atoms with Crippen LogP contribution in [0, 0.1) is 0 Å². The summed E-state index contributed by atoms with van der Waals surface area (Å²) in [5.74, 6) is 1.66. The second kappa shape index (κ2) is 8.49. The first-order valence-corrected chi connectivity index (χ1v) is 8.88. The van der Waals surface area contributed by atoms with Crippen molar-refractivity contribution >= 4 is 5.91 Å². The van der Waals surface area contributed by atoms with Gasteiger partial charge in [0, 0.05) is 12.6 Å². The van der Waals surface area contributed by atoms with Crippen LogP contribution in [0.25, 0.3) is 11.4 Å². The molecule has 0 N–H and O–H groups in total. The number of hydrogen-bond donors (Lipinski definition) is 0. The van der Waals surface area contributed by atoms with Crippen LogP contribution in [0.15, 0.2) is 53.1 Å². The third kappa shape index (κ3) is 4.73. The topological polar surface area (TPSA) is 68.5 Å². The van der Waals surface area contributed by atoms with Gasteiger partial charge >= 0.3 is 0 Å². The Morgan fingerprint density at radius 2 is 1.74 bits per heavy atom. The van der Waals surface area contributed by atoms with Gasteiger partial charge in [-0.25, -0.2) is 0 Å². The molecule has 0 bridgehead atoms. The second-order valence-electron chi connectivity index (χ2n) is 6.34. The highest BCUT2D eigenvalue weighted by atomic mass is 16.5. The first kappa shape index (κ1) is 18.6. The highest BCUT2D eigenvalue weighted by Crippen LogP contribution is 2.20. The van der Waals surface area contributed by atoms with Gasteiger partial charge in [0.25, 0.3) is 0 Å². The third-order valence-corrected chi connectivity index (χ3v) is 4.40. The molecule has 0 aliphatic rings. The number of benzene rings is 2. The van der Waals surface area contributed by atoms with Crippen LogP contribution in [0.4, 0.5) is 0 Å². The Morgan fingerprint density at radius 3 is 2.37 bits per heavy atom. The second-order valence-corrected chi connectivity index (χ2v) is 6.34. The number of ether oxygens (including phenoxy) is 1. The molecule has 0 aliphatic carbocycles. The molecule has 3 rings (SSSR count). The number of methoxy groups -OCH3 is 1. The van der Waals surface area contributed by atoms with Crippen LogP contribution in [0.2, 0.25) is 0 Å². The van der Waals surface area contributed by atoms with E-state index in [1.807, 2.05) is 36.4 Å². The predicted molar refractivity (Wildman–Crippen MR) is 102 cm³/mol. The molecule has 3 aromatic rings. The molecule has 0 spiro atoms. The van der Waals surface area contributed by atoms with E-state index in [2.05, 4.69) is 29.2 Å². The Bertz CT molecular complexity index is 886. The summed E-state index contributed by atoms with van der Waals surface area (Å²) in [6.07, 6.45) is 1.34. The van der Waals surface area contributed by atoms with Crippen molar-refractivity contribution in [3.63, 3.8) is 0 Å². The van der Waals surface area contributed by atoms with Crippen LogP contribution in [-0.4, -0.2) is 35.1 Å². The molecule has 1 aromatic heterocycles. The number of amides is 1. The van der Waals surface area contributed by atoms with Gasteiger partial charge in [0.15, 0.2) is 0 Å². The van der Waals surface area contributed by atoms with Crippen LogP contribution in [0.3, 0.4) is 0 Å². The van der Waals surface area contributed by atoms with E-state index >= 15 is 0 Å². The maximum Gasteiger partial charge on any atom is 0.246 e. The number of carbonyl (C=O) groups excluding carboxylic acids is 1. The van der Waals surface area contributed by atoms with Gasteiger partial charge < -0.3 is 14.2 Å². The SMILES string of the molecule is CCc1ccc(CC(=O)N(C)Cc2nc(-c3ccc(OC)cc3)no2)cc1. The molecule has 0 saturated carbocycles. The molecule has 0 aliphatic heterocycles. The van der Waals surface area contributed by atoms with Crippen molar-refractivity contribution in [1.29, 1.82) is 0 Å². The molecule has 0 radical (unpaired) electrons. The molecule has 1 amide bonds. The smallest absolute Gasteiger partial charge is 0.246 e. The van der Waals surface area contributed by atoms with Crippen LogP contribution >= 0.6 is 0 Å². The molecule has 6 nitrogen and oxygen atoms in total. The number of aryl methyl sites for hydroxylation is 1. The Balaban J connectivity index is 1.60. The first-order valence-electron chi connectivity index (χ1n) is 8.88. The fourth-order valence-electron chi connectivity index (χ4n) is 2.67. The van der Waals surface area contributed by atoms with E-state index in [-0.39, 0.29) is 12.5 Å². The minimum atomic E-state index is 0.00319. The van der Waals surface area contributed by atoms with Gasteiger partial charge in [-0.3, -0.25) is 4.79 Å². The number of nitrogens with zero attached hydrogens (tertiary/aromatic N) is 3. The molecule has 0 unspecified atom stereocenters. The zero-order valence-electron chi connectivity index (χ0n) is 15.8. The lowest BCUT2D eigenvalue weighted by molar-refractivity contribution is -0.130. The summed E-state index contributed by atoms with van der Waals surface area (Å²) >= 11 is 0. The number of aromatic nitrogens is 2. The Kier molecular flexibility index (Phi) is 5.86. The van der Waals surface area contributed by atoms with Crippen LogP contribution in [-0.2, 0) is 24.2 Å². The van der Waals surface area contributed by atoms with Crippen molar-refractivity contribution in [1.82, 2.24) is 15.0 Å².